The van der Waals surface area contributed by atoms with Crippen LogP contribution in [0.5, 0.6) is 5.75 Å². The number of ether oxygens (including phenoxy) is 1. The van der Waals surface area contributed by atoms with Gasteiger partial charge in [0.25, 0.3) is 5.91 Å². The van der Waals surface area contributed by atoms with E-state index in [1.807, 2.05) is 56.3 Å². The number of allylic oxidation sites excluding steroid dienone is 4. The second kappa shape index (κ2) is 19.3. The molecule has 2 amide bonds. The fraction of sp³-hybridized carbons (Fsp3) is 0.488. The number of fused-ring (bicyclic) bond motifs is 2. The second-order valence-corrected chi connectivity index (χ2v) is 14.7. The Morgan fingerprint density at radius 1 is 1.05 bits per heavy atom. The number of aryl methyl sites for hydroxylation is 1. The van der Waals surface area contributed by atoms with Crippen molar-refractivity contribution < 1.29 is 29.6 Å². The van der Waals surface area contributed by atoms with Gasteiger partial charge >= 0.3 is 0 Å². The number of anilines is 3. The van der Waals surface area contributed by atoms with Gasteiger partial charge in [-0.3, -0.25) is 19.2 Å². The number of hydrogen-bond acceptors (Lipinski definition) is 9. The molecule has 0 aliphatic carbocycles. The molecule has 0 saturated heterocycles. The summed E-state index contributed by atoms with van der Waals surface area (Å²) in [6.45, 7) is 12.0. The van der Waals surface area contributed by atoms with Crippen LogP contribution in [0.4, 0.5) is 17.1 Å². The number of aromatic nitrogens is 3. The van der Waals surface area contributed by atoms with Crippen LogP contribution in [-0.4, -0.2) is 81.1 Å². The smallest absolute Gasteiger partial charge is 0.264 e. The first kappa shape index (κ1) is 41.5. The van der Waals surface area contributed by atoms with E-state index in [0.717, 1.165) is 41.8 Å². The first-order valence-corrected chi connectivity index (χ1v) is 19.6. The number of aliphatic hydroxyl groups is 3. The van der Waals surface area contributed by atoms with Gasteiger partial charge in [0.05, 0.1) is 29.7 Å². The van der Waals surface area contributed by atoms with Gasteiger partial charge in [0.2, 0.25) is 5.91 Å². The summed E-state index contributed by atoms with van der Waals surface area (Å²) >= 11 is 0. The van der Waals surface area contributed by atoms with Crippen LogP contribution in [-0.2, 0) is 34.6 Å². The molecule has 3 atom stereocenters. The number of carbonyl (C=O) groups is 2. The fourth-order valence-electron chi connectivity index (χ4n) is 7.24. The van der Waals surface area contributed by atoms with Crippen molar-refractivity contribution in [2.24, 2.45) is 5.92 Å². The van der Waals surface area contributed by atoms with Gasteiger partial charge in [-0.25, -0.2) is 0 Å². The summed E-state index contributed by atoms with van der Waals surface area (Å²) in [6, 6.07) is 10.7. The molecule has 3 aromatic rings. The van der Waals surface area contributed by atoms with Crippen LogP contribution in [0.3, 0.4) is 0 Å². The molecule has 2 aliphatic heterocycles. The Labute approximate surface area is 325 Å². The molecular formula is C43H58N6O6. The van der Waals surface area contributed by atoms with Crippen LogP contribution in [0.1, 0.15) is 83.5 Å². The number of rotatable bonds is 20. The van der Waals surface area contributed by atoms with Crippen LogP contribution >= 0.6 is 0 Å². The van der Waals surface area contributed by atoms with Crippen LogP contribution < -0.4 is 19.9 Å². The van der Waals surface area contributed by atoms with E-state index < -0.39 is 23.5 Å². The molecule has 55 heavy (non-hydrogen) atoms. The predicted molar refractivity (Wildman–Crippen MR) is 215 cm³/mol. The summed E-state index contributed by atoms with van der Waals surface area (Å²) in [4.78, 5) is 32.1. The van der Waals surface area contributed by atoms with Gasteiger partial charge in [0, 0.05) is 56.1 Å². The highest BCUT2D eigenvalue weighted by atomic mass is 16.5. The van der Waals surface area contributed by atoms with Crippen LogP contribution in [0.2, 0.25) is 0 Å². The van der Waals surface area contributed by atoms with E-state index in [4.69, 9.17) is 4.74 Å². The maximum Gasteiger partial charge on any atom is 0.264 e. The molecule has 296 valence electrons. The third kappa shape index (κ3) is 9.80. The number of hydrogen-bond donors (Lipinski definition) is 4. The Balaban J connectivity index is 1.50. The number of unbranched alkanes of at least 4 members (excludes halogenated alkanes) is 1. The molecule has 3 heterocycles. The third-order valence-electron chi connectivity index (χ3n) is 10.3. The minimum Gasteiger partial charge on any atom is -0.494 e. The number of aliphatic hydroxyl groups excluding tert-OH is 2. The summed E-state index contributed by atoms with van der Waals surface area (Å²) in [5.41, 5.74) is 4.53. The lowest BCUT2D eigenvalue weighted by atomic mass is 9.82. The van der Waals surface area contributed by atoms with Crippen LogP contribution in [0.25, 0.3) is 0 Å². The average Bonchev–Trinajstić information content (AvgIpc) is 3.70. The molecule has 1 unspecified atom stereocenters. The molecule has 2 aromatic carbocycles. The van der Waals surface area contributed by atoms with Gasteiger partial charge < -0.3 is 30.3 Å². The van der Waals surface area contributed by atoms with Gasteiger partial charge in [-0.2, -0.15) is 0 Å². The van der Waals surface area contributed by atoms with E-state index in [1.165, 1.54) is 5.57 Å². The predicted octanol–water partition coefficient (Wildman–Crippen LogP) is 5.67. The van der Waals surface area contributed by atoms with E-state index in [1.54, 1.807) is 26.7 Å². The summed E-state index contributed by atoms with van der Waals surface area (Å²) in [6.07, 6.45) is 14.5. The topological polar surface area (TPSA) is 153 Å². The first-order chi connectivity index (χ1) is 26.5. The lowest BCUT2D eigenvalue weighted by Crippen LogP contribution is -2.49. The summed E-state index contributed by atoms with van der Waals surface area (Å²) in [5.74, 6) is -0.437. The quantitative estimate of drug-likeness (QED) is 0.0844. The molecule has 2 aliphatic rings. The second-order valence-electron chi connectivity index (χ2n) is 14.7. The average molecular weight is 755 g/mol. The zero-order valence-corrected chi connectivity index (χ0v) is 33.0. The van der Waals surface area contributed by atoms with Gasteiger partial charge in [-0.1, -0.05) is 47.6 Å². The van der Waals surface area contributed by atoms with Gasteiger partial charge in [0.1, 0.15) is 5.75 Å². The van der Waals surface area contributed by atoms with E-state index in [0.29, 0.717) is 74.6 Å². The Morgan fingerprint density at radius 3 is 2.60 bits per heavy atom. The molecule has 5 rings (SSSR count). The molecule has 0 bridgehead atoms. The van der Waals surface area contributed by atoms with Gasteiger partial charge in [-0.15, -0.1) is 5.10 Å². The van der Waals surface area contributed by atoms with E-state index in [9.17, 15) is 24.9 Å². The van der Waals surface area contributed by atoms with Crippen molar-refractivity contribution in [3.05, 3.63) is 94.9 Å². The number of nitrogens with zero attached hydrogens (tertiary/aromatic N) is 5. The minimum absolute atomic E-state index is 0.00433. The summed E-state index contributed by atoms with van der Waals surface area (Å²) < 4.78 is 7.53. The fourth-order valence-corrected chi connectivity index (χ4v) is 7.24. The lowest BCUT2D eigenvalue weighted by molar-refractivity contribution is -0.139. The van der Waals surface area contributed by atoms with E-state index in [2.05, 4.69) is 48.6 Å². The monoisotopic (exact) mass is 754 g/mol. The zero-order chi connectivity index (χ0) is 39.5. The highest BCUT2D eigenvalue weighted by molar-refractivity contribution is 6.10. The van der Waals surface area contributed by atoms with E-state index >= 15 is 0 Å². The summed E-state index contributed by atoms with van der Waals surface area (Å²) in [5, 5.41) is 42.7. The highest BCUT2D eigenvalue weighted by Gasteiger charge is 2.52. The normalized spacial score (nSPS) is 18.9. The highest BCUT2D eigenvalue weighted by Crippen LogP contribution is 2.48. The molecule has 4 N–H and O–H groups in total. The molecule has 0 fully saturated rings. The zero-order valence-electron chi connectivity index (χ0n) is 33.0. The van der Waals surface area contributed by atoms with Crippen LogP contribution in [0, 0.1) is 5.92 Å². The van der Waals surface area contributed by atoms with Gasteiger partial charge in [-0.05, 0) is 115 Å². The maximum atomic E-state index is 14.5. The molecule has 1 aromatic heterocycles. The number of carbonyl (C=O) groups excluding carboxylic acids is 2. The molecular weight excluding hydrogens is 697 g/mol. The largest absolute Gasteiger partial charge is 0.494 e. The molecule has 12 heteroatoms. The maximum absolute atomic E-state index is 14.5. The van der Waals surface area contributed by atoms with Crippen molar-refractivity contribution in [1.82, 2.24) is 20.3 Å². The molecule has 12 nitrogen and oxygen atoms in total. The standard InChI is InChI=1S/C43H58N6O6/c1-6-55-36-16-18-39-33(26-36)27-38(44-21-8-10-24-50)41(52)49(39)35-15-17-40-37(28-35)43(54,42(53)48(40)23-19-31(4)13-11-12-30(2)3)32(5)14-7-9-22-47-29-34(20-25-51)45-46-47/h7,12,14-19,26,28-29,32,38,44,50-51,54H,6,8-11,13,20-25,27H2,1-5H3/b14-7+,31-19+/t32-,38?,43+/m1/s1. The Kier molecular flexibility index (Phi) is 14.6. The van der Waals surface area contributed by atoms with Crippen molar-refractivity contribution >= 4 is 28.9 Å². The molecule has 0 spiro atoms. The SMILES string of the molecule is CCOc1ccc2c(c1)CC(NCCCCO)C(=O)N2c1ccc2c(c1)[C@@](O)([C@H](C)/C=C/CCn1cc(CCO)nn1)C(=O)N2C/C=C(\C)CCC=C(C)C. The van der Waals surface area contributed by atoms with Gasteiger partial charge in [0.15, 0.2) is 5.60 Å². The summed E-state index contributed by atoms with van der Waals surface area (Å²) in [7, 11) is 0. The van der Waals surface area contributed by atoms with Crippen LogP contribution in [0.15, 0.2) is 78.0 Å². The van der Waals surface area contributed by atoms with E-state index in [-0.39, 0.29) is 19.1 Å². The third-order valence-corrected chi connectivity index (χ3v) is 10.3. The lowest BCUT2D eigenvalue weighted by Gasteiger charge is -2.35. The van der Waals surface area contributed by atoms with Crippen molar-refractivity contribution in [1.29, 1.82) is 0 Å². The molecule has 0 radical (unpaired) electrons. The van der Waals surface area contributed by atoms with Crippen molar-refractivity contribution in [2.45, 2.75) is 97.8 Å². The number of nitrogens with one attached hydrogen (secondary N) is 1. The Hall–Kier alpha value is -4.62. The Bertz CT molecular complexity index is 1880. The van der Waals surface area contributed by atoms with Crippen molar-refractivity contribution in [3.8, 4) is 5.75 Å². The number of benzene rings is 2. The van der Waals surface area contributed by atoms with Crippen molar-refractivity contribution in [3.63, 3.8) is 0 Å². The minimum atomic E-state index is -1.89. The molecule has 0 saturated carbocycles. The number of amides is 2. The first-order valence-electron chi connectivity index (χ1n) is 19.6. The Morgan fingerprint density at radius 2 is 1.85 bits per heavy atom. The van der Waals surface area contributed by atoms with Crippen molar-refractivity contribution in [2.75, 3.05) is 42.7 Å².